The van der Waals surface area contributed by atoms with Gasteiger partial charge in [0, 0.05) is 43.5 Å². The quantitative estimate of drug-likeness (QED) is 0.541. The number of piperazine rings is 1. The van der Waals surface area contributed by atoms with E-state index in [1.54, 1.807) is 36.4 Å². The van der Waals surface area contributed by atoms with E-state index in [0.717, 1.165) is 12.1 Å². The third-order valence-electron chi connectivity index (χ3n) is 6.28. The molecular weight excluding hydrogens is 462 g/mol. The summed E-state index contributed by atoms with van der Waals surface area (Å²) in [5.41, 5.74) is 3.78. The molecule has 8 heteroatoms. The highest BCUT2D eigenvalue weighted by atomic mass is 32.2. The molecule has 1 amide bonds. The minimum absolute atomic E-state index is 0.00824. The fourth-order valence-electron chi connectivity index (χ4n) is 4.30. The molecule has 3 aromatic carbocycles. The van der Waals surface area contributed by atoms with Gasteiger partial charge in [0.2, 0.25) is 10.0 Å². The Bertz CT molecular complexity index is 1270. The third-order valence-corrected chi connectivity index (χ3v) is 7.70. The number of carbonyl (C=O) groups is 1. The van der Waals surface area contributed by atoms with Gasteiger partial charge >= 0.3 is 0 Å². The van der Waals surface area contributed by atoms with Gasteiger partial charge in [-0.3, -0.25) is 4.79 Å². The lowest BCUT2D eigenvalue weighted by Gasteiger charge is -2.41. The Labute approximate surface area is 207 Å². The van der Waals surface area contributed by atoms with Crippen molar-refractivity contribution in [2.24, 2.45) is 0 Å². The molecule has 1 fully saturated rings. The number of rotatable bonds is 7. The highest BCUT2D eigenvalue weighted by Gasteiger charge is 2.27. The fourth-order valence-corrected chi connectivity index (χ4v) is 5.31. The largest absolute Gasteiger partial charge is 0.497 e. The Morgan fingerprint density at radius 2 is 1.74 bits per heavy atom. The van der Waals surface area contributed by atoms with Crippen LogP contribution < -0.4 is 14.4 Å². The third kappa shape index (κ3) is 5.83. The van der Waals surface area contributed by atoms with E-state index in [2.05, 4.69) is 47.7 Å². The van der Waals surface area contributed by atoms with Gasteiger partial charge in [-0.25, -0.2) is 13.1 Å². The van der Waals surface area contributed by atoms with Crippen molar-refractivity contribution in [2.75, 3.05) is 31.6 Å². The number of nitrogens with one attached hydrogen (secondary N) is 1. The molecule has 1 aliphatic heterocycles. The van der Waals surface area contributed by atoms with Crippen LogP contribution in [0.25, 0.3) is 0 Å². The summed E-state index contributed by atoms with van der Waals surface area (Å²) < 4.78 is 32.8. The number of anilines is 1. The number of hydrogen-bond donors (Lipinski definition) is 1. The maximum absolute atomic E-state index is 13.1. The molecule has 3 aromatic rings. The number of ether oxygens (including phenoxy) is 1. The number of nitrogens with zero attached hydrogens (tertiary/aromatic N) is 2. The molecule has 4 rings (SSSR count). The first kappa shape index (κ1) is 24.8. The molecule has 184 valence electrons. The van der Waals surface area contributed by atoms with E-state index in [1.165, 1.54) is 30.5 Å². The van der Waals surface area contributed by atoms with Crippen molar-refractivity contribution >= 4 is 21.6 Å². The summed E-state index contributed by atoms with van der Waals surface area (Å²) in [5, 5.41) is 0. The lowest BCUT2D eigenvalue weighted by atomic mass is 10.1. The minimum Gasteiger partial charge on any atom is -0.497 e. The molecule has 1 atom stereocenters. The van der Waals surface area contributed by atoms with Crippen LogP contribution in [-0.4, -0.2) is 52.0 Å². The summed E-state index contributed by atoms with van der Waals surface area (Å²) in [4.78, 5) is 17.5. The number of methoxy groups -OCH3 is 1. The standard InChI is InChI=1S/C27H31N3O4S/c1-20-5-4-6-24(17-20)30-16-15-29(19-21(30)2)27(31)23-9-7-22(8-10-23)18-28-35(32,33)26-13-11-25(34-3)12-14-26/h4-14,17,21,28H,15-16,18-19H2,1-3H3. The summed E-state index contributed by atoms with van der Waals surface area (Å²) >= 11 is 0. The average molecular weight is 494 g/mol. The molecule has 1 N–H and O–H groups in total. The Kier molecular flexibility index (Phi) is 7.42. The van der Waals surface area contributed by atoms with Crippen molar-refractivity contribution in [3.05, 3.63) is 89.5 Å². The average Bonchev–Trinajstić information content (AvgIpc) is 2.87. The molecule has 1 aliphatic rings. The van der Waals surface area contributed by atoms with Crippen molar-refractivity contribution in [1.82, 2.24) is 9.62 Å². The van der Waals surface area contributed by atoms with Crippen LogP contribution in [0.1, 0.15) is 28.4 Å². The number of amides is 1. The Balaban J connectivity index is 1.35. The van der Waals surface area contributed by atoms with Gasteiger partial charge in [0.05, 0.1) is 12.0 Å². The summed E-state index contributed by atoms with van der Waals surface area (Å²) in [7, 11) is -2.12. The number of aryl methyl sites for hydroxylation is 1. The molecule has 0 aromatic heterocycles. The molecule has 1 heterocycles. The zero-order valence-corrected chi connectivity index (χ0v) is 21.1. The van der Waals surface area contributed by atoms with Crippen LogP contribution >= 0.6 is 0 Å². The normalized spacial score (nSPS) is 16.3. The molecule has 0 radical (unpaired) electrons. The zero-order valence-electron chi connectivity index (χ0n) is 20.3. The van der Waals surface area contributed by atoms with Crippen LogP contribution in [0.15, 0.2) is 77.7 Å². The summed E-state index contributed by atoms with van der Waals surface area (Å²) in [5.74, 6) is 0.585. The predicted molar refractivity (Wildman–Crippen MR) is 137 cm³/mol. The van der Waals surface area contributed by atoms with E-state index in [9.17, 15) is 13.2 Å². The first-order valence-corrected chi connectivity index (χ1v) is 13.1. The number of hydrogen-bond acceptors (Lipinski definition) is 5. The molecular formula is C27H31N3O4S. The van der Waals surface area contributed by atoms with Gasteiger partial charge in [-0.1, -0.05) is 24.3 Å². The van der Waals surface area contributed by atoms with Gasteiger partial charge in [-0.15, -0.1) is 0 Å². The van der Waals surface area contributed by atoms with Gasteiger partial charge in [-0.2, -0.15) is 0 Å². The summed E-state index contributed by atoms with van der Waals surface area (Å²) in [6.45, 7) is 6.44. The van der Waals surface area contributed by atoms with Crippen molar-refractivity contribution in [3.63, 3.8) is 0 Å². The highest BCUT2D eigenvalue weighted by Crippen LogP contribution is 2.23. The summed E-state index contributed by atoms with van der Waals surface area (Å²) in [6, 6.07) is 22.0. The first-order valence-electron chi connectivity index (χ1n) is 11.6. The topological polar surface area (TPSA) is 78.9 Å². The molecule has 35 heavy (non-hydrogen) atoms. The predicted octanol–water partition coefficient (Wildman–Crippen LogP) is 3.83. The molecule has 1 unspecified atom stereocenters. The lowest BCUT2D eigenvalue weighted by Crippen LogP contribution is -2.53. The first-order chi connectivity index (χ1) is 16.8. The van der Waals surface area contributed by atoms with E-state index in [0.29, 0.717) is 24.4 Å². The second kappa shape index (κ2) is 10.5. The summed E-state index contributed by atoms with van der Waals surface area (Å²) in [6.07, 6.45) is 0. The van der Waals surface area contributed by atoms with E-state index in [4.69, 9.17) is 4.74 Å². The van der Waals surface area contributed by atoms with Crippen LogP contribution in [0.3, 0.4) is 0 Å². The second-order valence-electron chi connectivity index (χ2n) is 8.83. The van der Waals surface area contributed by atoms with Crippen LogP contribution in [-0.2, 0) is 16.6 Å². The van der Waals surface area contributed by atoms with E-state index in [-0.39, 0.29) is 23.4 Å². The van der Waals surface area contributed by atoms with Crippen molar-refractivity contribution in [3.8, 4) is 5.75 Å². The fraction of sp³-hybridized carbons (Fsp3) is 0.296. The monoisotopic (exact) mass is 493 g/mol. The van der Waals surface area contributed by atoms with E-state index < -0.39 is 10.0 Å². The molecule has 7 nitrogen and oxygen atoms in total. The molecule has 1 saturated heterocycles. The number of sulfonamides is 1. The number of carbonyl (C=O) groups excluding carboxylic acids is 1. The SMILES string of the molecule is COc1ccc(S(=O)(=O)NCc2ccc(C(=O)N3CCN(c4cccc(C)c4)C(C)C3)cc2)cc1. The molecule has 0 saturated carbocycles. The molecule has 0 bridgehead atoms. The van der Waals surface area contributed by atoms with Gasteiger partial charge in [-0.05, 0) is 73.5 Å². The lowest BCUT2D eigenvalue weighted by molar-refractivity contribution is 0.0726. The van der Waals surface area contributed by atoms with E-state index >= 15 is 0 Å². The van der Waals surface area contributed by atoms with Gasteiger partial charge in [0.1, 0.15) is 5.75 Å². The van der Waals surface area contributed by atoms with Crippen molar-refractivity contribution in [2.45, 2.75) is 31.3 Å². The van der Waals surface area contributed by atoms with Crippen LogP contribution in [0.5, 0.6) is 5.75 Å². The van der Waals surface area contributed by atoms with Crippen LogP contribution in [0.2, 0.25) is 0 Å². The smallest absolute Gasteiger partial charge is 0.253 e. The Morgan fingerprint density at radius 3 is 2.37 bits per heavy atom. The van der Waals surface area contributed by atoms with Gasteiger partial charge < -0.3 is 14.5 Å². The zero-order chi connectivity index (χ0) is 25.0. The van der Waals surface area contributed by atoms with Crippen LogP contribution in [0, 0.1) is 6.92 Å². The molecule has 0 spiro atoms. The second-order valence-corrected chi connectivity index (χ2v) is 10.6. The Hall–Kier alpha value is -3.36. The van der Waals surface area contributed by atoms with Crippen molar-refractivity contribution < 1.29 is 17.9 Å². The van der Waals surface area contributed by atoms with Crippen molar-refractivity contribution in [1.29, 1.82) is 0 Å². The van der Waals surface area contributed by atoms with Gasteiger partial charge in [0.15, 0.2) is 0 Å². The maximum Gasteiger partial charge on any atom is 0.253 e. The van der Waals surface area contributed by atoms with Crippen LogP contribution in [0.4, 0.5) is 5.69 Å². The van der Waals surface area contributed by atoms with Gasteiger partial charge in [0.25, 0.3) is 5.91 Å². The number of benzene rings is 3. The van der Waals surface area contributed by atoms with E-state index in [1.807, 2.05) is 4.90 Å². The highest BCUT2D eigenvalue weighted by molar-refractivity contribution is 7.89. The molecule has 0 aliphatic carbocycles. The maximum atomic E-state index is 13.1. The Morgan fingerprint density at radius 1 is 1.03 bits per heavy atom. The minimum atomic E-state index is -3.65.